The van der Waals surface area contributed by atoms with Gasteiger partial charge in [-0.2, -0.15) is 0 Å². The van der Waals surface area contributed by atoms with E-state index in [9.17, 15) is 9.18 Å². The van der Waals surface area contributed by atoms with Gasteiger partial charge in [0.15, 0.2) is 0 Å². The van der Waals surface area contributed by atoms with E-state index in [0.717, 1.165) is 11.1 Å². The van der Waals surface area contributed by atoms with Crippen LogP contribution in [-0.4, -0.2) is 34.1 Å². The van der Waals surface area contributed by atoms with E-state index in [1.807, 2.05) is 38.1 Å². The van der Waals surface area contributed by atoms with E-state index < -0.39 is 6.17 Å². The number of carbonyl (C=O) groups is 1. The summed E-state index contributed by atoms with van der Waals surface area (Å²) in [5.74, 6) is 0.0575. The van der Waals surface area contributed by atoms with Crippen molar-refractivity contribution in [2.45, 2.75) is 51.4 Å². The average Bonchev–Trinajstić information content (AvgIpc) is 2.74. The number of allylic oxidation sites excluding steroid dienone is 1. The second-order valence-corrected chi connectivity index (χ2v) is 8.43. The van der Waals surface area contributed by atoms with Crippen molar-refractivity contribution in [3.63, 3.8) is 0 Å². The van der Waals surface area contributed by atoms with Gasteiger partial charge in [-0.05, 0) is 44.2 Å². The summed E-state index contributed by atoms with van der Waals surface area (Å²) in [5, 5.41) is 6.47. The highest BCUT2D eigenvalue weighted by molar-refractivity contribution is 6.32. The van der Waals surface area contributed by atoms with Crippen LogP contribution >= 0.6 is 11.6 Å². The number of aryl methyl sites for hydroxylation is 1. The highest BCUT2D eigenvalue weighted by atomic mass is 35.5. The summed E-state index contributed by atoms with van der Waals surface area (Å²) in [4.78, 5) is 21.1. The average molecular weight is 455 g/mol. The van der Waals surface area contributed by atoms with E-state index >= 15 is 0 Å². The summed E-state index contributed by atoms with van der Waals surface area (Å²) in [6.45, 7) is 11.7. The third-order valence-corrected chi connectivity index (χ3v) is 5.75. The third kappa shape index (κ3) is 5.82. The molecule has 0 saturated heterocycles. The van der Waals surface area contributed by atoms with Gasteiger partial charge < -0.3 is 10.6 Å². The molecule has 3 atom stereocenters. The molecule has 0 radical (unpaired) electrons. The number of nitrogens with one attached hydrogen (secondary N) is 2. The van der Waals surface area contributed by atoms with Crippen molar-refractivity contribution in [3.8, 4) is 0 Å². The SMILES string of the molecule is C=C(/C=C\C)C(=O)N[C@H]1C[C@@H](F)C[C@@H](Nc2ncc(Cl)c(C(=C)c3ccccc3C)n2)C1. The Morgan fingerprint density at radius 2 is 1.94 bits per heavy atom. The Hall–Kier alpha value is -2.99. The summed E-state index contributed by atoms with van der Waals surface area (Å²) in [6, 6.07) is 7.31. The summed E-state index contributed by atoms with van der Waals surface area (Å²) in [5.41, 5.74) is 3.58. The maximum Gasteiger partial charge on any atom is 0.250 e. The molecule has 0 spiro atoms. The monoisotopic (exact) mass is 454 g/mol. The summed E-state index contributed by atoms with van der Waals surface area (Å²) >= 11 is 6.36. The fraction of sp³-hybridized carbons (Fsp3) is 0.320. The maximum atomic E-state index is 14.4. The topological polar surface area (TPSA) is 66.9 Å². The lowest BCUT2D eigenvalue weighted by atomic mass is 9.89. The van der Waals surface area contributed by atoms with Crippen LogP contribution in [0.15, 0.2) is 61.3 Å². The molecule has 7 heteroatoms. The molecule has 3 rings (SSSR count). The molecule has 1 heterocycles. The van der Waals surface area contributed by atoms with Crippen LogP contribution in [0.5, 0.6) is 0 Å². The second-order valence-electron chi connectivity index (χ2n) is 8.02. The Morgan fingerprint density at radius 1 is 1.22 bits per heavy atom. The number of carbonyl (C=O) groups excluding carboxylic acids is 1. The molecule has 0 aliphatic heterocycles. The second kappa shape index (κ2) is 10.6. The predicted molar refractivity (Wildman–Crippen MR) is 128 cm³/mol. The van der Waals surface area contributed by atoms with Gasteiger partial charge >= 0.3 is 0 Å². The van der Waals surface area contributed by atoms with Gasteiger partial charge in [0.1, 0.15) is 6.17 Å². The fourth-order valence-electron chi connectivity index (χ4n) is 3.91. The van der Waals surface area contributed by atoms with Crippen molar-refractivity contribution in [1.29, 1.82) is 0 Å². The maximum absolute atomic E-state index is 14.4. The summed E-state index contributed by atoms with van der Waals surface area (Å²) < 4.78 is 14.4. The first-order chi connectivity index (χ1) is 15.3. The Labute approximate surface area is 193 Å². The first-order valence-electron chi connectivity index (χ1n) is 10.6. The predicted octanol–water partition coefficient (Wildman–Crippen LogP) is 5.42. The number of nitrogens with zero attached hydrogens (tertiary/aromatic N) is 2. The third-order valence-electron chi connectivity index (χ3n) is 5.48. The van der Waals surface area contributed by atoms with E-state index in [2.05, 4.69) is 33.8 Å². The standard InChI is InChI=1S/C25H28ClFN4O/c1-5-8-16(3)24(32)29-19-11-18(27)12-20(13-19)30-25-28-14-22(26)23(31-25)17(4)21-10-7-6-9-15(21)2/h5-10,14,18-20H,3-4,11-13H2,1-2H3,(H,29,32)(H,28,30,31)/b8-5-/t18-,19+,20-/m1/s1. The molecule has 0 unspecified atom stereocenters. The van der Waals surface area contributed by atoms with Crippen LogP contribution in [0.2, 0.25) is 5.02 Å². The van der Waals surface area contributed by atoms with Gasteiger partial charge in [-0.25, -0.2) is 14.4 Å². The summed E-state index contributed by atoms with van der Waals surface area (Å²) in [7, 11) is 0. The van der Waals surface area contributed by atoms with E-state index in [1.165, 1.54) is 6.20 Å². The highest BCUT2D eigenvalue weighted by Crippen LogP contribution is 2.30. The number of amides is 1. The van der Waals surface area contributed by atoms with Crippen molar-refractivity contribution < 1.29 is 9.18 Å². The zero-order chi connectivity index (χ0) is 23.3. The fourth-order valence-corrected chi connectivity index (χ4v) is 4.12. The van der Waals surface area contributed by atoms with Gasteiger partial charge in [0.25, 0.3) is 5.91 Å². The quantitative estimate of drug-likeness (QED) is 0.433. The zero-order valence-corrected chi connectivity index (χ0v) is 19.1. The molecule has 2 N–H and O–H groups in total. The molecule has 1 aromatic heterocycles. The van der Waals surface area contributed by atoms with E-state index in [-0.39, 0.29) is 24.4 Å². The van der Waals surface area contributed by atoms with Crippen LogP contribution in [0.1, 0.15) is 43.0 Å². The van der Waals surface area contributed by atoms with Crippen molar-refractivity contribution in [3.05, 3.63) is 83.2 Å². The molecule has 1 fully saturated rings. The van der Waals surface area contributed by atoms with Gasteiger partial charge in [0.2, 0.25) is 5.95 Å². The number of hydrogen-bond donors (Lipinski definition) is 2. The number of aromatic nitrogens is 2. The molecule has 0 bridgehead atoms. The minimum Gasteiger partial charge on any atom is -0.351 e. The minimum atomic E-state index is -1.05. The molecule has 1 amide bonds. The van der Waals surface area contributed by atoms with Crippen LogP contribution in [0.3, 0.4) is 0 Å². The van der Waals surface area contributed by atoms with Crippen LogP contribution in [0.25, 0.3) is 5.57 Å². The zero-order valence-electron chi connectivity index (χ0n) is 18.4. The number of hydrogen-bond acceptors (Lipinski definition) is 4. The van der Waals surface area contributed by atoms with E-state index in [0.29, 0.717) is 40.7 Å². The number of alkyl halides is 1. The Bertz CT molecular complexity index is 1050. The lowest BCUT2D eigenvalue weighted by Crippen LogP contribution is -2.45. The first-order valence-corrected chi connectivity index (χ1v) is 11.0. The Morgan fingerprint density at radius 3 is 2.66 bits per heavy atom. The Balaban J connectivity index is 1.73. The molecular weight excluding hydrogens is 427 g/mol. The largest absolute Gasteiger partial charge is 0.351 e. The normalized spacial score (nSPS) is 20.7. The van der Waals surface area contributed by atoms with Gasteiger partial charge in [0.05, 0.1) is 16.9 Å². The lowest BCUT2D eigenvalue weighted by Gasteiger charge is -2.32. The molecule has 5 nitrogen and oxygen atoms in total. The number of rotatable bonds is 7. The van der Waals surface area contributed by atoms with E-state index in [1.54, 1.807) is 12.2 Å². The number of anilines is 1. The van der Waals surface area contributed by atoms with Gasteiger partial charge in [-0.15, -0.1) is 0 Å². The summed E-state index contributed by atoms with van der Waals surface area (Å²) in [6.07, 6.45) is 4.97. The molecule has 1 aliphatic rings. The highest BCUT2D eigenvalue weighted by Gasteiger charge is 2.30. The Kier molecular flexibility index (Phi) is 7.80. The molecule has 1 aromatic carbocycles. The molecule has 1 aliphatic carbocycles. The number of benzene rings is 1. The van der Waals surface area contributed by atoms with Gasteiger partial charge in [0, 0.05) is 23.2 Å². The minimum absolute atomic E-state index is 0.236. The van der Waals surface area contributed by atoms with Crippen LogP contribution in [0, 0.1) is 6.92 Å². The molecular formula is C25H28ClFN4O. The lowest BCUT2D eigenvalue weighted by molar-refractivity contribution is -0.118. The smallest absolute Gasteiger partial charge is 0.250 e. The van der Waals surface area contributed by atoms with Crippen molar-refractivity contribution in [1.82, 2.24) is 15.3 Å². The molecule has 32 heavy (non-hydrogen) atoms. The van der Waals surface area contributed by atoms with Crippen LogP contribution < -0.4 is 10.6 Å². The van der Waals surface area contributed by atoms with Crippen molar-refractivity contribution in [2.75, 3.05) is 5.32 Å². The van der Waals surface area contributed by atoms with Gasteiger partial charge in [-0.3, -0.25) is 4.79 Å². The van der Waals surface area contributed by atoms with Crippen LogP contribution in [0.4, 0.5) is 10.3 Å². The molecule has 168 valence electrons. The van der Waals surface area contributed by atoms with Crippen molar-refractivity contribution >= 4 is 29.0 Å². The number of halogens is 2. The van der Waals surface area contributed by atoms with Gasteiger partial charge in [-0.1, -0.05) is 61.2 Å². The van der Waals surface area contributed by atoms with E-state index in [4.69, 9.17) is 11.6 Å². The van der Waals surface area contributed by atoms with Crippen LogP contribution in [-0.2, 0) is 4.79 Å². The first kappa shape index (κ1) is 23.7. The molecule has 1 saturated carbocycles. The molecule has 2 aromatic rings. The van der Waals surface area contributed by atoms with Crippen molar-refractivity contribution in [2.24, 2.45) is 0 Å².